The molecule has 0 atom stereocenters. The van der Waals surface area contributed by atoms with Crippen LogP contribution in [0.15, 0.2) is 0 Å². The lowest BCUT2D eigenvalue weighted by Gasteiger charge is -2.54. The fourth-order valence-corrected chi connectivity index (χ4v) is 3.84. The Kier molecular flexibility index (Phi) is 3.56. The molecule has 0 aromatic heterocycles. The van der Waals surface area contributed by atoms with Crippen LogP contribution in [-0.4, -0.2) is 74.0 Å². The first-order valence-corrected chi connectivity index (χ1v) is 7.74. The first-order valence-electron chi connectivity index (χ1n) is 7.74. The second-order valence-corrected chi connectivity index (χ2v) is 7.08. The Morgan fingerprint density at radius 3 is 2.05 bits per heavy atom. The zero-order valence-electron chi connectivity index (χ0n) is 12.4. The minimum Gasteiger partial charge on any atom is -0.341 e. The van der Waals surface area contributed by atoms with Crippen molar-refractivity contribution in [2.24, 2.45) is 11.3 Å². The van der Waals surface area contributed by atoms with Crippen molar-refractivity contribution in [1.29, 1.82) is 0 Å². The van der Waals surface area contributed by atoms with Crippen molar-refractivity contribution in [3.8, 4) is 0 Å². The van der Waals surface area contributed by atoms with Crippen molar-refractivity contribution in [3.05, 3.63) is 0 Å². The molecule has 0 unspecified atom stereocenters. The van der Waals surface area contributed by atoms with Crippen molar-refractivity contribution in [1.82, 2.24) is 14.7 Å². The average molecular weight is 265 g/mol. The van der Waals surface area contributed by atoms with Gasteiger partial charge < -0.3 is 14.7 Å². The Bertz CT molecular complexity index is 333. The van der Waals surface area contributed by atoms with Gasteiger partial charge in [0.15, 0.2) is 0 Å². The van der Waals surface area contributed by atoms with E-state index in [1.54, 1.807) is 0 Å². The van der Waals surface area contributed by atoms with Crippen LogP contribution in [0.3, 0.4) is 0 Å². The van der Waals surface area contributed by atoms with Gasteiger partial charge in [-0.2, -0.15) is 0 Å². The lowest BCUT2D eigenvalue weighted by molar-refractivity contribution is -0.152. The van der Waals surface area contributed by atoms with Gasteiger partial charge in [-0.15, -0.1) is 0 Å². The van der Waals surface area contributed by atoms with Crippen LogP contribution in [0.5, 0.6) is 0 Å². The molecular formula is C15H27N3O. The van der Waals surface area contributed by atoms with Gasteiger partial charge in [0.05, 0.1) is 0 Å². The Labute approximate surface area is 116 Å². The number of rotatable bonds is 1. The van der Waals surface area contributed by atoms with Crippen LogP contribution in [-0.2, 0) is 4.79 Å². The second kappa shape index (κ2) is 5.06. The number of piperidine rings is 2. The summed E-state index contributed by atoms with van der Waals surface area (Å²) >= 11 is 0. The van der Waals surface area contributed by atoms with E-state index in [1.807, 2.05) is 0 Å². The summed E-state index contributed by atoms with van der Waals surface area (Å²) in [5.74, 6) is 0.748. The molecule has 0 saturated carbocycles. The van der Waals surface area contributed by atoms with Gasteiger partial charge in [0.1, 0.15) is 0 Å². The molecule has 108 valence electrons. The van der Waals surface area contributed by atoms with E-state index in [0.29, 0.717) is 17.2 Å². The molecule has 0 N–H and O–H groups in total. The maximum Gasteiger partial charge on any atom is 0.225 e. The number of nitrogens with zero attached hydrogens (tertiary/aromatic N) is 3. The molecule has 3 rings (SSSR count). The predicted molar refractivity (Wildman–Crippen MR) is 76.0 cm³/mol. The molecule has 0 bridgehead atoms. The zero-order valence-corrected chi connectivity index (χ0v) is 12.4. The highest BCUT2D eigenvalue weighted by Crippen LogP contribution is 2.41. The van der Waals surface area contributed by atoms with E-state index in [-0.39, 0.29) is 0 Å². The highest BCUT2D eigenvalue weighted by atomic mass is 16.2. The summed E-state index contributed by atoms with van der Waals surface area (Å²) in [5, 5.41) is 0. The monoisotopic (exact) mass is 265 g/mol. The Morgan fingerprint density at radius 2 is 1.47 bits per heavy atom. The van der Waals surface area contributed by atoms with Crippen LogP contribution in [0.2, 0.25) is 0 Å². The van der Waals surface area contributed by atoms with E-state index in [0.717, 1.165) is 39.0 Å². The number of carbonyl (C=O) groups is 1. The molecule has 3 heterocycles. The fourth-order valence-electron chi connectivity index (χ4n) is 3.84. The summed E-state index contributed by atoms with van der Waals surface area (Å²) in [6, 6.07) is 0. The highest BCUT2D eigenvalue weighted by Gasteiger charge is 2.47. The van der Waals surface area contributed by atoms with E-state index in [2.05, 4.69) is 28.8 Å². The third-order valence-corrected chi connectivity index (χ3v) is 5.48. The molecule has 0 aromatic carbocycles. The SMILES string of the molecule is CN1CCC(C(=O)N2CC3(CCN(C)CC3)C2)CC1. The topological polar surface area (TPSA) is 26.8 Å². The number of likely N-dealkylation sites (tertiary alicyclic amines) is 3. The standard InChI is InChI=1S/C15H27N3O/c1-16-7-3-13(4-8-16)14(19)18-11-15(12-18)5-9-17(2)10-6-15/h13H,3-12H2,1-2H3. The summed E-state index contributed by atoms with van der Waals surface area (Å²) in [7, 11) is 4.35. The van der Waals surface area contributed by atoms with Crippen molar-refractivity contribution in [2.45, 2.75) is 25.7 Å². The smallest absolute Gasteiger partial charge is 0.225 e. The minimum absolute atomic E-state index is 0.305. The molecule has 4 heteroatoms. The summed E-state index contributed by atoms with van der Waals surface area (Å²) < 4.78 is 0. The normalized spacial score (nSPS) is 29.5. The van der Waals surface area contributed by atoms with E-state index >= 15 is 0 Å². The zero-order chi connectivity index (χ0) is 13.5. The van der Waals surface area contributed by atoms with E-state index < -0.39 is 0 Å². The largest absolute Gasteiger partial charge is 0.341 e. The number of carbonyl (C=O) groups excluding carboxylic acids is 1. The lowest BCUT2D eigenvalue weighted by Crippen LogP contribution is -2.62. The van der Waals surface area contributed by atoms with Gasteiger partial charge >= 0.3 is 0 Å². The molecule has 3 saturated heterocycles. The van der Waals surface area contributed by atoms with Crippen molar-refractivity contribution in [2.75, 3.05) is 53.4 Å². The summed E-state index contributed by atoms with van der Waals surface area (Å²) in [4.78, 5) is 19.4. The summed E-state index contributed by atoms with van der Waals surface area (Å²) in [6.45, 7) is 6.64. The van der Waals surface area contributed by atoms with E-state index in [4.69, 9.17) is 0 Å². The highest BCUT2D eigenvalue weighted by molar-refractivity contribution is 5.80. The van der Waals surface area contributed by atoms with E-state index in [1.165, 1.54) is 25.9 Å². The third-order valence-electron chi connectivity index (χ3n) is 5.48. The van der Waals surface area contributed by atoms with Gasteiger partial charge in [-0.25, -0.2) is 0 Å². The fraction of sp³-hybridized carbons (Fsp3) is 0.933. The summed E-state index contributed by atoms with van der Waals surface area (Å²) in [5.41, 5.74) is 0.480. The molecule has 0 aliphatic carbocycles. The van der Waals surface area contributed by atoms with Crippen molar-refractivity contribution < 1.29 is 4.79 Å². The molecule has 19 heavy (non-hydrogen) atoms. The average Bonchev–Trinajstić information content (AvgIpc) is 2.37. The van der Waals surface area contributed by atoms with Crippen LogP contribution >= 0.6 is 0 Å². The maximum absolute atomic E-state index is 12.5. The molecule has 0 radical (unpaired) electrons. The minimum atomic E-state index is 0.305. The predicted octanol–water partition coefficient (Wildman–Crippen LogP) is 0.882. The number of amides is 1. The van der Waals surface area contributed by atoms with Crippen molar-refractivity contribution >= 4 is 5.91 Å². The lowest BCUT2D eigenvalue weighted by atomic mass is 9.71. The van der Waals surface area contributed by atoms with E-state index in [9.17, 15) is 4.79 Å². The molecular weight excluding hydrogens is 238 g/mol. The first-order chi connectivity index (χ1) is 9.08. The molecule has 4 nitrogen and oxygen atoms in total. The third kappa shape index (κ3) is 2.65. The molecule has 3 aliphatic heterocycles. The van der Waals surface area contributed by atoms with Crippen LogP contribution in [0.1, 0.15) is 25.7 Å². The molecule has 3 fully saturated rings. The van der Waals surface area contributed by atoms with Gasteiger partial charge in [0.2, 0.25) is 5.91 Å². The molecule has 3 aliphatic rings. The second-order valence-electron chi connectivity index (χ2n) is 7.08. The Morgan fingerprint density at radius 1 is 0.947 bits per heavy atom. The molecule has 1 spiro atoms. The van der Waals surface area contributed by atoms with Gasteiger partial charge in [-0.3, -0.25) is 4.79 Å². The number of hydrogen-bond acceptors (Lipinski definition) is 3. The van der Waals surface area contributed by atoms with Gasteiger partial charge in [0.25, 0.3) is 0 Å². The van der Waals surface area contributed by atoms with Gasteiger partial charge in [-0.1, -0.05) is 0 Å². The number of hydrogen-bond donors (Lipinski definition) is 0. The van der Waals surface area contributed by atoms with Crippen LogP contribution in [0, 0.1) is 11.3 Å². The van der Waals surface area contributed by atoms with Crippen molar-refractivity contribution in [3.63, 3.8) is 0 Å². The van der Waals surface area contributed by atoms with Crippen LogP contribution in [0.25, 0.3) is 0 Å². The van der Waals surface area contributed by atoms with Gasteiger partial charge in [-0.05, 0) is 66.0 Å². The molecule has 0 aromatic rings. The quantitative estimate of drug-likeness (QED) is 0.704. The van der Waals surface area contributed by atoms with Crippen LogP contribution < -0.4 is 0 Å². The van der Waals surface area contributed by atoms with Crippen LogP contribution in [0.4, 0.5) is 0 Å². The van der Waals surface area contributed by atoms with Gasteiger partial charge in [0, 0.05) is 24.4 Å². The Balaban J connectivity index is 1.49. The molecule has 1 amide bonds. The first kappa shape index (κ1) is 13.4. The summed E-state index contributed by atoms with van der Waals surface area (Å²) in [6.07, 6.45) is 4.67. The maximum atomic E-state index is 12.5. The Hall–Kier alpha value is -0.610.